The number of benzene rings is 1. The van der Waals surface area contributed by atoms with E-state index in [1.807, 2.05) is 19.1 Å². The average molecular weight is 239 g/mol. The van der Waals surface area contributed by atoms with Crippen LogP contribution in [0.25, 0.3) is 11.0 Å². The van der Waals surface area contributed by atoms with Crippen LogP contribution in [0, 0.1) is 6.92 Å². The molecular formula is C10H7BrO2. The zero-order valence-corrected chi connectivity index (χ0v) is 8.59. The first-order chi connectivity index (χ1) is 6.18. The maximum atomic E-state index is 11.6. The summed E-state index contributed by atoms with van der Waals surface area (Å²) in [5, 5.41) is 0.620. The molecule has 2 nitrogen and oxygen atoms in total. The zero-order valence-electron chi connectivity index (χ0n) is 7.00. The fourth-order valence-corrected chi connectivity index (χ4v) is 1.53. The number of fused-ring (bicyclic) bond motifs is 1. The standard InChI is InChI=1S/C10H7BrO2/c1-6-2-3-9-7(4-6)10(12)8(11)5-13-9/h2-5H,1H3. The Morgan fingerprint density at radius 2 is 2.15 bits per heavy atom. The van der Waals surface area contributed by atoms with Crippen molar-refractivity contribution in [3.63, 3.8) is 0 Å². The topological polar surface area (TPSA) is 30.2 Å². The minimum atomic E-state index is -0.0232. The fourth-order valence-electron chi connectivity index (χ4n) is 1.22. The SMILES string of the molecule is Cc1ccc2occ(Br)c(=O)c2c1. The number of aryl methyl sites for hydroxylation is 1. The second kappa shape index (κ2) is 3.00. The highest BCUT2D eigenvalue weighted by Gasteiger charge is 2.03. The van der Waals surface area contributed by atoms with Crippen molar-refractivity contribution >= 4 is 26.9 Å². The van der Waals surface area contributed by atoms with E-state index in [1.54, 1.807) is 6.07 Å². The van der Waals surface area contributed by atoms with Crippen LogP contribution in [0.15, 0.2) is 38.1 Å². The Hall–Kier alpha value is -1.09. The van der Waals surface area contributed by atoms with Crippen molar-refractivity contribution < 1.29 is 4.42 Å². The molecule has 2 aromatic rings. The fraction of sp³-hybridized carbons (Fsp3) is 0.100. The molecule has 0 fully saturated rings. The average Bonchev–Trinajstić information content (AvgIpc) is 2.12. The predicted molar refractivity (Wildman–Crippen MR) is 54.9 cm³/mol. The third-order valence-corrected chi connectivity index (χ3v) is 2.43. The van der Waals surface area contributed by atoms with Gasteiger partial charge in [0.05, 0.1) is 5.39 Å². The van der Waals surface area contributed by atoms with Crippen LogP contribution >= 0.6 is 15.9 Å². The number of hydrogen-bond donors (Lipinski definition) is 0. The van der Waals surface area contributed by atoms with E-state index in [-0.39, 0.29) is 5.43 Å². The Morgan fingerprint density at radius 1 is 1.38 bits per heavy atom. The predicted octanol–water partition coefficient (Wildman–Crippen LogP) is 2.86. The largest absolute Gasteiger partial charge is 0.463 e. The van der Waals surface area contributed by atoms with Gasteiger partial charge in [-0.1, -0.05) is 11.6 Å². The lowest BCUT2D eigenvalue weighted by molar-refractivity contribution is 0.598. The molecule has 1 heterocycles. The summed E-state index contributed by atoms with van der Waals surface area (Å²) >= 11 is 3.13. The molecule has 0 aliphatic rings. The Labute approximate surface area is 83.3 Å². The number of hydrogen-bond acceptors (Lipinski definition) is 2. The summed E-state index contributed by atoms with van der Waals surface area (Å²) in [6.45, 7) is 1.94. The van der Waals surface area contributed by atoms with Crippen molar-refractivity contribution in [1.82, 2.24) is 0 Å². The lowest BCUT2D eigenvalue weighted by Gasteiger charge is -1.97. The van der Waals surface area contributed by atoms with Crippen molar-refractivity contribution in [1.29, 1.82) is 0 Å². The highest BCUT2D eigenvalue weighted by atomic mass is 79.9. The third kappa shape index (κ3) is 1.40. The van der Waals surface area contributed by atoms with Gasteiger partial charge in [-0.3, -0.25) is 4.79 Å². The van der Waals surface area contributed by atoms with E-state index in [2.05, 4.69) is 15.9 Å². The minimum absolute atomic E-state index is 0.0232. The van der Waals surface area contributed by atoms with Crippen LogP contribution in [0.4, 0.5) is 0 Å². The summed E-state index contributed by atoms with van der Waals surface area (Å²) in [5.41, 5.74) is 1.65. The first-order valence-electron chi connectivity index (χ1n) is 3.86. The van der Waals surface area contributed by atoms with E-state index in [1.165, 1.54) is 6.26 Å². The lowest BCUT2D eigenvalue weighted by atomic mass is 10.1. The van der Waals surface area contributed by atoms with Crippen molar-refractivity contribution in [3.8, 4) is 0 Å². The molecule has 0 unspecified atom stereocenters. The van der Waals surface area contributed by atoms with Gasteiger partial charge in [-0.15, -0.1) is 0 Å². The van der Waals surface area contributed by atoms with Crippen LogP contribution in [0.2, 0.25) is 0 Å². The Bertz CT molecular complexity index is 509. The van der Waals surface area contributed by atoms with Crippen molar-refractivity contribution in [2.75, 3.05) is 0 Å². The van der Waals surface area contributed by atoms with Gasteiger partial charge in [-0.2, -0.15) is 0 Å². The first kappa shape index (κ1) is 8.51. The molecule has 0 atom stereocenters. The van der Waals surface area contributed by atoms with Crippen LogP contribution in [0.1, 0.15) is 5.56 Å². The van der Waals surface area contributed by atoms with Crippen LogP contribution in [-0.2, 0) is 0 Å². The van der Waals surface area contributed by atoms with Crippen molar-refractivity contribution in [2.24, 2.45) is 0 Å². The monoisotopic (exact) mass is 238 g/mol. The first-order valence-corrected chi connectivity index (χ1v) is 4.65. The summed E-state index contributed by atoms with van der Waals surface area (Å²) in [5.74, 6) is 0. The van der Waals surface area contributed by atoms with Gasteiger partial charge in [0.1, 0.15) is 16.3 Å². The zero-order chi connectivity index (χ0) is 9.42. The van der Waals surface area contributed by atoms with Gasteiger partial charge in [-0.25, -0.2) is 0 Å². The van der Waals surface area contributed by atoms with Crippen LogP contribution in [-0.4, -0.2) is 0 Å². The van der Waals surface area contributed by atoms with Gasteiger partial charge in [-0.05, 0) is 35.0 Å². The molecule has 0 saturated carbocycles. The molecule has 1 aromatic heterocycles. The highest BCUT2D eigenvalue weighted by Crippen LogP contribution is 2.15. The molecule has 0 saturated heterocycles. The smallest absolute Gasteiger partial charge is 0.206 e. The molecule has 0 aliphatic carbocycles. The molecule has 13 heavy (non-hydrogen) atoms. The molecule has 0 aliphatic heterocycles. The Morgan fingerprint density at radius 3 is 2.92 bits per heavy atom. The van der Waals surface area contributed by atoms with E-state index < -0.39 is 0 Å². The van der Waals surface area contributed by atoms with Crippen LogP contribution in [0.5, 0.6) is 0 Å². The Balaban J connectivity index is 2.97. The van der Waals surface area contributed by atoms with Crippen LogP contribution in [0.3, 0.4) is 0 Å². The minimum Gasteiger partial charge on any atom is -0.463 e. The quantitative estimate of drug-likeness (QED) is 0.707. The molecule has 1 aromatic carbocycles. The second-order valence-corrected chi connectivity index (χ2v) is 3.77. The Kier molecular flexibility index (Phi) is 1.96. The molecule has 0 N–H and O–H groups in total. The molecular weight excluding hydrogens is 232 g/mol. The van der Waals surface area contributed by atoms with Crippen molar-refractivity contribution in [2.45, 2.75) is 6.92 Å². The van der Waals surface area contributed by atoms with E-state index >= 15 is 0 Å². The molecule has 0 spiro atoms. The van der Waals surface area contributed by atoms with Gasteiger partial charge >= 0.3 is 0 Å². The van der Waals surface area contributed by atoms with Gasteiger partial charge in [0, 0.05) is 0 Å². The molecule has 3 heteroatoms. The third-order valence-electron chi connectivity index (χ3n) is 1.89. The molecule has 66 valence electrons. The summed E-state index contributed by atoms with van der Waals surface area (Å²) in [7, 11) is 0. The summed E-state index contributed by atoms with van der Waals surface area (Å²) in [4.78, 5) is 11.6. The summed E-state index contributed by atoms with van der Waals surface area (Å²) in [6.07, 6.45) is 1.42. The highest BCUT2D eigenvalue weighted by molar-refractivity contribution is 9.10. The van der Waals surface area contributed by atoms with E-state index in [4.69, 9.17) is 4.42 Å². The van der Waals surface area contributed by atoms with E-state index in [0.717, 1.165) is 5.56 Å². The number of halogens is 1. The lowest BCUT2D eigenvalue weighted by Crippen LogP contribution is -2.01. The maximum Gasteiger partial charge on any atom is 0.206 e. The van der Waals surface area contributed by atoms with Crippen LogP contribution < -0.4 is 5.43 Å². The van der Waals surface area contributed by atoms with Crippen molar-refractivity contribution in [3.05, 3.63) is 44.7 Å². The maximum absolute atomic E-state index is 11.6. The van der Waals surface area contributed by atoms with E-state index in [0.29, 0.717) is 15.4 Å². The molecule has 0 radical (unpaired) electrons. The van der Waals surface area contributed by atoms with Gasteiger partial charge in [0.2, 0.25) is 5.43 Å². The second-order valence-electron chi connectivity index (χ2n) is 2.91. The van der Waals surface area contributed by atoms with Gasteiger partial charge in [0.15, 0.2) is 0 Å². The summed E-state index contributed by atoms with van der Waals surface area (Å²) in [6, 6.07) is 5.55. The normalized spacial score (nSPS) is 10.6. The van der Waals surface area contributed by atoms with E-state index in [9.17, 15) is 4.79 Å². The molecule has 0 amide bonds. The molecule has 0 bridgehead atoms. The number of rotatable bonds is 0. The van der Waals surface area contributed by atoms with Gasteiger partial charge < -0.3 is 4.42 Å². The molecule has 2 rings (SSSR count). The van der Waals surface area contributed by atoms with Gasteiger partial charge in [0.25, 0.3) is 0 Å². The summed E-state index contributed by atoms with van der Waals surface area (Å²) < 4.78 is 5.69.